The van der Waals surface area contributed by atoms with E-state index in [1.807, 2.05) is 0 Å². The summed E-state index contributed by atoms with van der Waals surface area (Å²) >= 11 is 0. The van der Waals surface area contributed by atoms with Crippen LogP contribution in [0, 0.1) is 0 Å². The lowest BCUT2D eigenvalue weighted by Crippen LogP contribution is -2.22. The maximum absolute atomic E-state index is 11.4. The van der Waals surface area contributed by atoms with Gasteiger partial charge in [0.05, 0.1) is 18.6 Å². The topological polar surface area (TPSA) is 81.4 Å². The predicted molar refractivity (Wildman–Crippen MR) is 66.7 cm³/mol. The van der Waals surface area contributed by atoms with Crippen LogP contribution < -0.4 is 15.2 Å². The lowest BCUT2D eigenvalue weighted by atomic mass is 10.3. The van der Waals surface area contributed by atoms with Crippen LogP contribution in [0.25, 0.3) is 0 Å². The molecule has 92 valence electrons. The van der Waals surface area contributed by atoms with E-state index in [4.69, 9.17) is 10.5 Å². The Balaban J connectivity index is 0.00000225. The van der Waals surface area contributed by atoms with Gasteiger partial charge in [0, 0.05) is 6.54 Å². The van der Waals surface area contributed by atoms with Crippen molar-refractivity contribution in [2.45, 2.75) is 0 Å². The first-order valence-electron chi connectivity index (χ1n) is 4.42. The molecule has 1 rings (SSSR count). The number of sulfonamides is 1. The van der Waals surface area contributed by atoms with Gasteiger partial charge in [-0.2, -0.15) is 0 Å². The van der Waals surface area contributed by atoms with Gasteiger partial charge in [0.2, 0.25) is 10.0 Å². The second-order valence-electron chi connectivity index (χ2n) is 2.91. The number of nitrogens with one attached hydrogen (secondary N) is 1. The monoisotopic (exact) mass is 266 g/mol. The van der Waals surface area contributed by atoms with E-state index in [1.165, 1.54) is 7.11 Å². The highest BCUT2D eigenvalue weighted by atomic mass is 35.5. The van der Waals surface area contributed by atoms with Crippen LogP contribution in [0.1, 0.15) is 0 Å². The first kappa shape index (κ1) is 15.0. The summed E-state index contributed by atoms with van der Waals surface area (Å²) in [5.41, 5.74) is 5.61. The third-order valence-corrected chi connectivity index (χ3v) is 3.06. The second kappa shape index (κ2) is 6.57. The number of nitrogens with two attached hydrogens (primary N) is 1. The Hall–Kier alpha value is -0.980. The molecular weight excluding hydrogens is 252 g/mol. The van der Waals surface area contributed by atoms with Crippen LogP contribution in [0.5, 0.6) is 5.75 Å². The Labute approximate surface area is 101 Å². The molecule has 1 aromatic rings. The maximum Gasteiger partial charge on any atom is 0.234 e. The number of hydrogen-bond donors (Lipinski definition) is 2. The molecular formula is C9H15ClN2O3S. The lowest BCUT2D eigenvalue weighted by molar-refractivity contribution is 0.417. The van der Waals surface area contributed by atoms with E-state index in [1.54, 1.807) is 24.3 Å². The van der Waals surface area contributed by atoms with Crippen molar-refractivity contribution in [2.75, 3.05) is 24.1 Å². The highest BCUT2D eigenvalue weighted by Crippen LogP contribution is 2.23. The Morgan fingerprint density at radius 3 is 2.56 bits per heavy atom. The van der Waals surface area contributed by atoms with Gasteiger partial charge in [0.15, 0.2) is 0 Å². The molecule has 0 spiro atoms. The van der Waals surface area contributed by atoms with Crippen molar-refractivity contribution in [2.24, 2.45) is 5.73 Å². The molecule has 0 aliphatic heterocycles. The summed E-state index contributed by atoms with van der Waals surface area (Å²) in [6.45, 7) is 0.0878. The van der Waals surface area contributed by atoms with Crippen LogP contribution in [0.4, 0.5) is 5.69 Å². The Bertz CT molecular complexity index is 423. The summed E-state index contributed by atoms with van der Waals surface area (Å²) in [4.78, 5) is 0. The molecule has 0 atom stereocenters. The summed E-state index contributed by atoms with van der Waals surface area (Å²) in [5.74, 6) is 0.378. The summed E-state index contributed by atoms with van der Waals surface area (Å²) in [7, 11) is -1.89. The van der Waals surface area contributed by atoms with Gasteiger partial charge in [0.1, 0.15) is 5.75 Å². The average molecular weight is 267 g/mol. The molecule has 3 N–H and O–H groups in total. The first-order valence-corrected chi connectivity index (χ1v) is 6.08. The Morgan fingerprint density at radius 1 is 1.38 bits per heavy atom. The molecule has 7 heteroatoms. The Morgan fingerprint density at radius 2 is 2.00 bits per heavy atom. The minimum atomic E-state index is -3.37. The zero-order valence-electron chi connectivity index (χ0n) is 8.84. The third kappa shape index (κ3) is 4.26. The fourth-order valence-corrected chi connectivity index (χ4v) is 2.02. The SMILES string of the molecule is COc1ccccc1NS(=O)(=O)CCN.Cl. The summed E-state index contributed by atoms with van der Waals surface area (Å²) in [6, 6.07) is 6.80. The molecule has 1 aromatic carbocycles. The van der Waals surface area contributed by atoms with Gasteiger partial charge in [0.25, 0.3) is 0 Å². The van der Waals surface area contributed by atoms with Gasteiger partial charge in [-0.05, 0) is 12.1 Å². The summed E-state index contributed by atoms with van der Waals surface area (Å²) in [6.07, 6.45) is 0. The van der Waals surface area contributed by atoms with Crippen molar-refractivity contribution < 1.29 is 13.2 Å². The smallest absolute Gasteiger partial charge is 0.234 e. The number of hydrogen-bond acceptors (Lipinski definition) is 4. The molecule has 16 heavy (non-hydrogen) atoms. The summed E-state index contributed by atoms with van der Waals surface area (Å²) in [5, 5.41) is 0. The zero-order chi connectivity index (χ0) is 11.3. The summed E-state index contributed by atoms with van der Waals surface area (Å²) < 4.78 is 30.3. The van der Waals surface area contributed by atoms with Gasteiger partial charge >= 0.3 is 0 Å². The van der Waals surface area contributed by atoms with E-state index < -0.39 is 10.0 Å². The molecule has 0 amide bonds. The van der Waals surface area contributed by atoms with Crippen molar-refractivity contribution in [3.05, 3.63) is 24.3 Å². The second-order valence-corrected chi connectivity index (χ2v) is 4.75. The van der Waals surface area contributed by atoms with E-state index in [0.717, 1.165) is 0 Å². The number of benzene rings is 1. The van der Waals surface area contributed by atoms with Crippen molar-refractivity contribution in [3.63, 3.8) is 0 Å². The quantitative estimate of drug-likeness (QED) is 0.827. The fraction of sp³-hybridized carbons (Fsp3) is 0.333. The average Bonchev–Trinajstić information content (AvgIpc) is 2.17. The fourth-order valence-electron chi connectivity index (χ4n) is 1.10. The molecule has 0 aliphatic carbocycles. The first-order chi connectivity index (χ1) is 7.09. The molecule has 0 fully saturated rings. The van der Waals surface area contributed by atoms with Gasteiger partial charge < -0.3 is 10.5 Å². The number of anilines is 1. The van der Waals surface area contributed by atoms with Crippen LogP contribution in [0.15, 0.2) is 24.3 Å². The van der Waals surface area contributed by atoms with E-state index in [9.17, 15) is 8.42 Å². The molecule has 0 saturated heterocycles. The maximum atomic E-state index is 11.4. The number of para-hydroxylation sites is 2. The molecule has 0 aromatic heterocycles. The van der Waals surface area contributed by atoms with Crippen LogP contribution in [-0.2, 0) is 10.0 Å². The lowest BCUT2D eigenvalue weighted by Gasteiger charge is -2.10. The largest absolute Gasteiger partial charge is 0.495 e. The van der Waals surface area contributed by atoms with E-state index in [2.05, 4.69) is 4.72 Å². The minimum absolute atomic E-state index is 0. The molecule has 0 aliphatic rings. The molecule has 0 saturated carbocycles. The number of rotatable bonds is 5. The zero-order valence-corrected chi connectivity index (χ0v) is 10.5. The van der Waals surface area contributed by atoms with Gasteiger partial charge in [-0.3, -0.25) is 4.72 Å². The molecule has 0 heterocycles. The molecule has 0 radical (unpaired) electrons. The van der Waals surface area contributed by atoms with Gasteiger partial charge in [-0.1, -0.05) is 12.1 Å². The van der Waals surface area contributed by atoms with Crippen molar-refractivity contribution in [1.82, 2.24) is 0 Å². The third-order valence-electron chi connectivity index (χ3n) is 1.76. The van der Waals surface area contributed by atoms with E-state index in [-0.39, 0.29) is 24.7 Å². The number of methoxy groups -OCH3 is 1. The van der Waals surface area contributed by atoms with Gasteiger partial charge in [-0.15, -0.1) is 12.4 Å². The number of halogens is 1. The van der Waals surface area contributed by atoms with Crippen LogP contribution in [0.3, 0.4) is 0 Å². The van der Waals surface area contributed by atoms with Crippen molar-refractivity contribution in [3.8, 4) is 5.75 Å². The Kier molecular flexibility index (Phi) is 6.17. The van der Waals surface area contributed by atoms with Crippen LogP contribution in [0.2, 0.25) is 0 Å². The highest BCUT2D eigenvalue weighted by molar-refractivity contribution is 7.92. The van der Waals surface area contributed by atoms with Gasteiger partial charge in [-0.25, -0.2) is 8.42 Å². The predicted octanol–water partition coefficient (Wildman–Crippen LogP) is 0.817. The van der Waals surface area contributed by atoms with Crippen molar-refractivity contribution >= 4 is 28.1 Å². The molecule has 0 unspecified atom stereocenters. The molecule has 5 nitrogen and oxygen atoms in total. The standard InChI is InChI=1S/C9H14N2O3S.ClH/c1-14-9-5-3-2-4-8(9)11-15(12,13)7-6-10;/h2-5,11H,6-7,10H2,1H3;1H. The van der Waals surface area contributed by atoms with Crippen LogP contribution >= 0.6 is 12.4 Å². The number of ether oxygens (including phenoxy) is 1. The van der Waals surface area contributed by atoms with E-state index >= 15 is 0 Å². The van der Waals surface area contributed by atoms with E-state index in [0.29, 0.717) is 11.4 Å². The minimum Gasteiger partial charge on any atom is -0.495 e. The van der Waals surface area contributed by atoms with Crippen LogP contribution in [-0.4, -0.2) is 27.8 Å². The normalized spacial score (nSPS) is 10.4. The molecule has 0 bridgehead atoms. The highest BCUT2D eigenvalue weighted by Gasteiger charge is 2.11. The van der Waals surface area contributed by atoms with Crippen molar-refractivity contribution in [1.29, 1.82) is 0 Å².